The Morgan fingerprint density at radius 1 is 1.41 bits per heavy atom. The maximum Gasteiger partial charge on any atom is 0.276 e. The van der Waals surface area contributed by atoms with Crippen LogP contribution in [-0.4, -0.2) is 40.3 Å². The molecule has 0 aromatic carbocycles. The number of likely N-dealkylation sites (tertiary alicyclic amines) is 1. The highest BCUT2D eigenvalue weighted by Crippen LogP contribution is 2.25. The van der Waals surface area contributed by atoms with Crippen LogP contribution in [0.15, 0.2) is 4.52 Å². The molecule has 92 valence electrons. The number of aryl methyl sites for hydroxylation is 1. The van der Waals surface area contributed by atoms with Gasteiger partial charge in [0.25, 0.3) is 5.91 Å². The van der Waals surface area contributed by atoms with Crippen molar-refractivity contribution < 1.29 is 14.4 Å². The summed E-state index contributed by atoms with van der Waals surface area (Å²) >= 11 is 0. The number of rotatable bonds is 1. The number of β-amino-alcohol motifs (C(OH)–C–C–N with tert-alkyl or cyclic N) is 1. The summed E-state index contributed by atoms with van der Waals surface area (Å²) < 4.78 is 5.23. The SMILES string of the molecule is O=C(c1noc2c1CCCC2)N1CC[C@@H](O)C1. The Morgan fingerprint density at radius 3 is 3.00 bits per heavy atom. The quantitative estimate of drug-likeness (QED) is 0.781. The first-order chi connectivity index (χ1) is 8.25. The molecular formula is C12H16N2O3. The minimum absolute atomic E-state index is 0.0894. The van der Waals surface area contributed by atoms with E-state index in [-0.39, 0.29) is 12.0 Å². The standard InChI is InChI=1S/C12H16N2O3/c15-8-5-6-14(7-8)12(16)11-9-3-1-2-4-10(9)17-13-11/h8,15H,1-7H2/t8-/m1/s1. The Kier molecular flexibility index (Phi) is 2.63. The lowest BCUT2D eigenvalue weighted by Crippen LogP contribution is -2.30. The highest BCUT2D eigenvalue weighted by Gasteiger charge is 2.31. The molecule has 1 fully saturated rings. The van der Waals surface area contributed by atoms with Crippen molar-refractivity contribution in [3.63, 3.8) is 0 Å². The molecule has 3 rings (SSSR count). The molecule has 2 aliphatic rings. The molecule has 1 aromatic heterocycles. The smallest absolute Gasteiger partial charge is 0.276 e. The van der Waals surface area contributed by atoms with Crippen LogP contribution < -0.4 is 0 Å². The lowest BCUT2D eigenvalue weighted by atomic mass is 9.96. The fourth-order valence-electron chi connectivity index (χ4n) is 2.63. The first-order valence-electron chi connectivity index (χ1n) is 6.20. The van der Waals surface area contributed by atoms with Crippen LogP contribution in [0.5, 0.6) is 0 Å². The molecule has 1 saturated heterocycles. The van der Waals surface area contributed by atoms with Crippen LogP contribution in [0.2, 0.25) is 0 Å². The number of carbonyl (C=O) groups is 1. The van der Waals surface area contributed by atoms with Gasteiger partial charge in [-0.25, -0.2) is 0 Å². The van der Waals surface area contributed by atoms with E-state index in [4.69, 9.17) is 4.52 Å². The molecule has 1 N–H and O–H groups in total. The maximum absolute atomic E-state index is 12.2. The predicted molar refractivity (Wildman–Crippen MR) is 59.7 cm³/mol. The minimum atomic E-state index is -0.387. The van der Waals surface area contributed by atoms with Crippen molar-refractivity contribution in [1.82, 2.24) is 10.1 Å². The van der Waals surface area contributed by atoms with Gasteiger partial charge < -0.3 is 14.5 Å². The highest BCUT2D eigenvalue weighted by atomic mass is 16.5. The van der Waals surface area contributed by atoms with Crippen LogP contribution in [0.25, 0.3) is 0 Å². The molecule has 0 unspecified atom stereocenters. The van der Waals surface area contributed by atoms with E-state index in [9.17, 15) is 9.90 Å². The van der Waals surface area contributed by atoms with Gasteiger partial charge >= 0.3 is 0 Å². The van der Waals surface area contributed by atoms with Crippen molar-refractivity contribution in [2.45, 2.75) is 38.2 Å². The fraction of sp³-hybridized carbons (Fsp3) is 0.667. The summed E-state index contributed by atoms with van der Waals surface area (Å²) in [5.74, 6) is 0.785. The van der Waals surface area contributed by atoms with E-state index >= 15 is 0 Å². The van der Waals surface area contributed by atoms with Crippen molar-refractivity contribution in [2.24, 2.45) is 0 Å². The number of aliphatic hydroxyl groups excluding tert-OH is 1. The Bertz CT molecular complexity index is 441. The highest BCUT2D eigenvalue weighted by molar-refractivity contribution is 5.94. The second kappa shape index (κ2) is 4.14. The van der Waals surface area contributed by atoms with Gasteiger partial charge in [-0.3, -0.25) is 4.79 Å². The molecule has 0 spiro atoms. The first kappa shape index (κ1) is 10.8. The predicted octanol–water partition coefficient (Wildman–Crippen LogP) is 0.760. The monoisotopic (exact) mass is 236 g/mol. The summed E-state index contributed by atoms with van der Waals surface area (Å²) in [6, 6.07) is 0. The minimum Gasteiger partial charge on any atom is -0.391 e. The van der Waals surface area contributed by atoms with Crippen LogP contribution >= 0.6 is 0 Å². The topological polar surface area (TPSA) is 66.6 Å². The Balaban J connectivity index is 1.84. The van der Waals surface area contributed by atoms with Gasteiger partial charge in [0, 0.05) is 25.1 Å². The van der Waals surface area contributed by atoms with Crippen molar-refractivity contribution in [3.05, 3.63) is 17.0 Å². The average molecular weight is 236 g/mol. The summed E-state index contributed by atoms with van der Waals surface area (Å²) in [6.45, 7) is 1.03. The fourth-order valence-corrected chi connectivity index (χ4v) is 2.63. The molecule has 2 heterocycles. The number of carbonyl (C=O) groups excluding carboxylic acids is 1. The molecule has 1 aromatic rings. The van der Waals surface area contributed by atoms with Gasteiger partial charge in [0.2, 0.25) is 0 Å². The Labute approximate surface area is 99.4 Å². The number of hydrogen-bond acceptors (Lipinski definition) is 4. The lowest BCUT2D eigenvalue weighted by Gasteiger charge is -2.15. The van der Waals surface area contributed by atoms with Gasteiger partial charge in [-0.1, -0.05) is 5.16 Å². The van der Waals surface area contributed by atoms with Gasteiger partial charge in [0.15, 0.2) is 5.69 Å². The molecule has 1 aliphatic carbocycles. The third-order valence-corrected chi connectivity index (χ3v) is 3.60. The van der Waals surface area contributed by atoms with E-state index < -0.39 is 0 Å². The summed E-state index contributed by atoms with van der Waals surface area (Å²) in [6.07, 6.45) is 4.25. The number of aromatic nitrogens is 1. The van der Waals surface area contributed by atoms with Crippen molar-refractivity contribution >= 4 is 5.91 Å². The van der Waals surface area contributed by atoms with Gasteiger partial charge in [0.1, 0.15) is 5.76 Å². The van der Waals surface area contributed by atoms with Crippen LogP contribution in [-0.2, 0) is 12.8 Å². The van der Waals surface area contributed by atoms with E-state index in [1.54, 1.807) is 4.90 Å². The molecule has 5 nitrogen and oxygen atoms in total. The van der Waals surface area contributed by atoms with Crippen LogP contribution in [0, 0.1) is 0 Å². The number of aliphatic hydroxyl groups is 1. The third-order valence-electron chi connectivity index (χ3n) is 3.60. The van der Waals surface area contributed by atoms with E-state index in [1.807, 2.05) is 0 Å². The summed E-state index contributed by atoms with van der Waals surface area (Å²) in [4.78, 5) is 13.9. The molecule has 5 heteroatoms. The van der Waals surface area contributed by atoms with E-state index in [1.165, 1.54) is 0 Å². The van der Waals surface area contributed by atoms with Crippen molar-refractivity contribution in [1.29, 1.82) is 0 Å². The zero-order valence-corrected chi connectivity index (χ0v) is 9.69. The Morgan fingerprint density at radius 2 is 2.24 bits per heavy atom. The van der Waals surface area contributed by atoms with Crippen LogP contribution in [0.1, 0.15) is 41.1 Å². The zero-order valence-electron chi connectivity index (χ0n) is 9.69. The van der Waals surface area contributed by atoms with E-state index in [2.05, 4.69) is 5.16 Å². The molecule has 0 bridgehead atoms. The van der Waals surface area contributed by atoms with Gasteiger partial charge in [-0.2, -0.15) is 0 Å². The average Bonchev–Trinajstić information content (AvgIpc) is 2.94. The summed E-state index contributed by atoms with van der Waals surface area (Å²) in [7, 11) is 0. The van der Waals surface area contributed by atoms with Crippen LogP contribution in [0.4, 0.5) is 0 Å². The molecular weight excluding hydrogens is 220 g/mol. The van der Waals surface area contributed by atoms with Crippen LogP contribution in [0.3, 0.4) is 0 Å². The largest absolute Gasteiger partial charge is 0.391 e. The molecule has 17 heavy (non-hydrogen) atoms. The molecule has 0 radical (unpaired) electrons. The number of fused-ring (bicyclic) bond motifs is 1. The molecule has 1 amide bonds. The third kappa shape index (κ3) is 1.84. The molecule has 1 atom stereocenters. The number of amides is 1. The molecule has 1 aliphatic heterocycles. The first-order valence-corrected chi connectivity index (χ1v) is 6.20. The maximum atomic E-state index is 12.2. The molecule has 0 saturated carbocycles. The zero-order chi connectivity index (χ0) is 11.8. The lowest BCUT2D eigenvalue weighted by molar-refractivity contribution is 0.0754. The van der Waals surface area contributed by atoms with E-state index in [0.29, 0.717) is 25.2 Å². The Hall–Kier alpha value is -1.36. The van der Waals surface area contributed by atoms with Crippen molar-refractivity contribution in [3.8, 4) is 0 Å². The second-order valence-corrected chi connectivity index (χ2v) is 4.83. The summed E-state index contributed by atoms with van der Waals surface area (Å²) in [5.41, 5.74) is 1.46. The normalized spacial score (nSPS) is 23.8. The summed E-state index contributed by atoms with van der Waals surface area (Å²) in [5, 5.41) is 13.4. The van der Waals surface area contributed by atoms with Gasteiger partial charge in [-0.15, -0.1) is 0 Å². The number of nitrogens with zero attached hydrogens (tertiary/aromatic N) is 2. The van der Waals surface area contributed by atoms with Gasteiger partial charge in [-0.05, 0) is 25.7 Å². The van der Waals surface area contributed by atoms with Gasteiger partial charge in [0.05, 0.1) is 6.10 Å². The van der Waals surface area contributed by atoms with E-state index in [0.717, 1.165) is 37.0 Å². The second-order valence-electron chi connectivity index (χ2n) is 4.83. The number of hydrogen-bond donors (Lipinski definition) is 1. The van der Waals surface area contributed by atoms with Crippen molar-refractivity contribution in [2.75, 3.05) is 13.1 Å².